The van der Waals surface area contributed by atoms with E-state index in [-0.39, 0.29) is 6.04 Å². The third-order valence-corrected chi connectivity index (χ3v) is 5.09. The number of benzene rings is 1. The van der Waals surface area contributed by atoms with Gasteiger partial charge in [-0.05, 0) is 45.0 Å². The minimum absolute atomic E-state index is 0.275. The first-order chi connectivity index (χ1) is 13.0. The summed E-state index contributed by atoms with van der Waals surface area (Å²) >= 11 is 0. The highest BCUT2D eigenvalue weighted by atomic mass is 15.2. The fraction of sp³-hybridized carbons (Fsp3) is 0.455. The Balaban J connectivity index is 1.78. The first-order valence-corrected chi connectivity index (χ1v) is 9.75. The number of pyridine rings is 1. The molecule has 0 unspecified atom stereocenters. The predicted molar refractivity (Wildman–Crippen MR) is 114 cm³/mol. The monoisotopic (exact) mass is 365 g/mol. The lowest BCUT2D eigenvalue weighted by Crippen LogP contribution is -2.43. The summed E-state index contributed by atoms with van der Waals surface area (Å²) in [5.41, 5.74) is 5.34. The molecule has 3 rings (SSSR count). The van der Waals surface area contributed by atoms with Crippen molar-refractivity contribution in [1.82, 2.24) is 14.8 Å². The van der Waals surface area contributed by atoms with Crippen LogP contribution in [0, 0.1) is 12.3 Å². The Morgan fingerprint density at radius 3 is 2.41 bits per heavy atom. The molecule has 2 heterocycles. The molecule has 5 nitrogen and oxygen atoms in total. The molecule has 0 aliphatic carbocycles. The van der Waals surface area contributed by atoms with Crippen molar-refractivity contribution in [2.75, 3.05) is 38.5 Å². The van der Waals surface area contributed by atoms with Crippen molar-refractivity contribution in [3.8, 4) is 11.3 Å². The topological polar surface area (TPSA) is 55.2 Å². The van der Waals surface area contributed by atoms with Crippen LogP contribution in [0.15, 0.2) is 30.3 Å². The van der Waals surface area contributed by atoms with Gasteiger partial charge in [-0.15, -0.1) is 0 Å². The SMILES string of the molecule is Cc1cc(-c2ccc(CN3CCN(C)CC3)cc2)nc(NC(C)C)c1C=N. The summed E-state index contributed by atoms with van der Waals surface area (Å²) in [5.74, 6) is 0.788. The second kappa shape index (κ2) is 8.63. The molecule has 0 amide bonds. The molecule has 5 heteroatoms. The van der Waals surface area contributed by atoms with Gasteiger partial charge in [-0.1, -0.05) is 24.3 Å². The van der Waals surface area contributed by atoms with E-state index in [2.05, 4.69) is 66.3 Å². The molecule has 1 aromatic heterocycles. The molecule has 1 aliphatic rings. The number of nitrogens with one attached hydrogen (secondary N) is 2. The molecule has 1 fully saturated rings. The number of aromatic nitrogens is 1. The third-order valence-electron chi connectivity index (χ3n) is 5.09. The average molecular weight is 366 g/mol. The number of rotatable bonds is 6. The highest BCUT2D eigenvalue weighted by Crippen LogP contribution is 2.25. The summed E-state index contributed by atoms with van der Waals surface area (Å²) in [7, 11) is 2.19. The van der Waals surface area contributed by atoms with Crippen molar-refractivity contribution in [2.45, 2.75) is 33.4 Å². The third kappa shape index (κ3) is 4.93. The van der Waals surface area contributed by atoms with E-state index in [1.165, 1.54) is 11.8 Å². The van der Waals surface area contributed by atoms with E-state index in [1.807, 2.05) is 6.92 Å². The van der Waals surface area contributed by atoms with Crippen molar-refractivity contribution >= 4 is 12.0 Å². The fourth-order valence-corrected chi connectivity index (χ4v) is 3.44. The van der Waals surface area contributed by atoms with Crippen LogP contribution in [0.1, 0.15) is 30.5 Å². The van der Waals surface area contributed by atoms with Gasteiger partial charge in [0.15, 0.2) is 0 Å². The van der Waals surface area contributed by atoms with Gasteiger partial charge in [-0.25, -0.2) is 4.98 Å². The quantitative estimate of drug-likeness (QED) is 0.768. The standard InChI is InChI=1S/C22H31N5/c1-16(2)24-22-20(14-23)17(3)13-21(25-22)19-7-5-18(6-8-19)15-27-11-9-26(4)10-12-27/h5-8,13-14,16,23H,9-12,15H2,1-4H3,(H,24,25). The average Bonchev–Trinajstić information content (AvgIpc) is 2.63. The fourth-order valence-electron chi connectivity index (χ4n) is 3.44. The van der Waals surface area contributed by atoms with Crippen LogP contribution in [-0.4, -0.2) is 60.3 Å². The van der Waals surface area contributed by atoms with Gasteiger partial charge in [0.1, 0.15) is 5.82 Å². The van der Waals surface area contributed by atoms with E-state index >= 15 is 0 Å². The first-order valence-electron chi connectivity index (χ1n) is 9.75. The number of anilines is 1. The van der Waals surface area contributed by atoms with E-state index in [4.69, 9.17) is 10.4 Å². The number of nitrogens with zero attached hydrogens (tertiary/aromatic N) is 3. The molecular formula is C22H31N5. The summed E-state index contributed by atoms with van der Waals surface area (Å²) in [5, 5.41) is 11.1. The molecule has 144 valence electrons. The van der Waals surface area contributed by atoms with Crippen LogP contribution >= 0.6 is 0 Å². The second-order valence-corrected chi connectivity index (χ2v) is 7.81. The molecule has 0 spiro atoms. The van der Waals surface area contributed by atoms with Crippen molar-refractivity contribution in [3.05, 3.63) is 47.0 Å². The molecule has 27 heavy (non-hydrogen) atoms. The molecule has 0 saturated carbocycles. The Hall–Kier alpha value is -2.24. The summed E-state index contributed by atoms with van der Waals surface area (Å²) < 4.78 is 0. The van der Waals surface area contributed by atoms with E-state index < -0.39 is 0 Å². The van der Waals surface area contributed by atoms with Crippen LogP contribution in [0.25, 0.3) is 11.3 Å². The largest absolute Gasteiger partial charge is 0.367 e. The van der Waals surface area contributed by atoms with Gasteiger partial charge in [0.25, 0.3) is 0 Å². The minimum atomic E-state index is 0.275. The maximum atomic E-state index is 7.70. The number of hydrogen-bond acceptors (Lipinski definition) is 5. The molecule has 1 aliphatic heterocycles. The molecule has 2 aromatic rings. The van der Waals surface area contributed by atoms with Gasteiger partial charge in [-0.2, -0.15) is 0 Å². The normalized spacial score (nSPS) is 15.9. The molecule has 1 aromatic carbocycles. The number of likely N-dealkylation sites (N-methyl/N-ethyl adjacent to an activating group) is 1. The predicted octanol–water partition coefficient (Wildman–Crippen LogP) is 3.62. The lowest BCUT2D eigenvalue weighted by Gasteiger charge is -2.32. The van der Waals surface area contributed by atoms with Crippen molar-refractivity contribution in [1.29, 1.82) is 5.41 Å². The maximum absolute atomic E-state index is 7.70. The maximum Gasteiger partial charge on any atom is 0.135 e. The van der Waals surface area contributed by atoms with Gasteiger partial charge in [-0.3, -0.25) is 4.90 Å². The van der Waals surface area contributed by atoms with Gasteiger partial charge in [0.2, 0.25) is 0 Å². The lowest BCUT2D eigenvalue weighted by atomic mass is 10.0. The number of aryl methyl sites for hydroxylation is 1. The van der Waals surface area contributed by atoms with Crippen LogP contribution in [0.5, 0.6) is 0 Å². The highest BCUT2D eigenvalue weighted by molar-refractivity contribution is 5.87. The van der Waals surface area contributed by atoms with E-state index in [1.54, 1.807) is 0 Å². The Morgan fingerprint density at radius 1 is 1.15 bits per heavy atom. The summed E-state index contributed by atoms with van der Waals surface area (Å²) in [6, 6.07) is 11.1. The Morgan fingerprint density at radius 2 is 1.81 bits per heavy atom. The Labute approximate surface area is 162 Å². The van der Waals surface area contributed by atoms with Crippen molar-refractivity contribution < 1.29 is 0 Å². The zero-order valence-corrected chi connectivity index (χ0v) is 16.9. The molecule has 0 bridgehead atoms. The molecule has 0 atom stereocenters. The van der Waals surface area contributed by atoms with E-state index in [9.17, 15) is 0 Å². The highest BCUT2D eigenvalue weighted by Gasteiger charge is 2.14. The van der Waals surface area contributed by atoms with Crippen LogP contribution < -0.4 is 5.32 Å². The Kier molecular flexibility index (Phi) is 6.24. The van der Waals surface area contributed by atoms with Crippen LogP contribution in [0.3, 0.4) is 0 Å². The minimum Gasteiger partial charge on any atom is -0.367 e. The summed E-state index contributed by atoms with van der Waals surface area (Å²) in [6.45, 7) is 11.8. The molecule has 1 saturated heterocycles. The van der Waals surface area contributed by atoms with E-state index in [0.717, 1.165) is 60.9 Å². The first kappa shape index (κ1) is 19.5. The molecule has 2 N–H and O–H groups in total. The Bertz CT molecular complexity index is 774. The summed E-state index contributed by atoms with van der Waals surface area (Å²) in [6.07, 6.45) is 1.38. The van der Waals surface area contributed by atoms with Gasteiger partial charge >= 0.3 is 0 Å². The smallest absolute Gasteiger partial charge is 0.135 e. The van der Waals surface area contributed by atoms with E-state index in [0.29, 0.717) is 0 Å². The zero-order valence-electron chi connectivity index (χ0n) is 16.9. The number of piperazine rings is 1. The van der Waals surface area contributed by atoms with Gasteiger partial charge in [0, 0.05) is 56.1 Å². The van der Waals surface area contributed by atoms with Gasteiger partial charge in [0.05, 0.1) is 5.69 Å². The molecular weight excluding hydrogens is 334 g/mol. The molecule has 0 radical (unpaired) electrons. The van der Waals surface area contributed by atoms with Crippen molar-refractivity contribution in [2.24, 2.45) is 0 Å². The van der Waals surface area contributed by atoms with Crippen LogP contribution in [-0.2, 0) is 6.54 Å². The van der Waals surface area contributed by atoms with Crippen molar-refractivity contribution in [3.63, 3.8) is 0 Å². The number of hydrogen-bond donors (Lipinski definition) is 2. The lowest BCUT2D eigenvalue weighted by molar-refractivity contribution is 0.148. The van der Waals surface area contributed by atoms with Gasteiger partial charge < -0.3 is 15.6 Å². The zero-order chi connectivity index (χ0) is 19.4. The second-order valence-electron chi connectivity index (χ2n) is 7.81. The summed E-state index contributed by atoms with van der Waals surface area (Å²) in [4.78, 5) is 9.69. The van der Waals surface area contributed by atoms with Crippen LogP contribution in [0.2, 0.25) is 0 Å². The van der Waals surface area contributed by atoms with Crippen LogP contribution in [0.4, 0.5) is 5.82 Å².